The van der Waals surface area contributed by atoms with Crippen LogP contribution in [0.25, 0.3) is 0 Å². The zero-order valence-electron chi connectivity index (χ0n) is 14.6. The molecule has 0 aliphatic rings. The molecule has 3 aromatic rings. The summed E-state index contributed by atoms with van der Waals surface area (Å²) in [6.45, 7) is 0.371. The molecule has 134 valence electrons. The van der Waals surface area contributed by atoms with Crippen LogP contribution in [0, 0.1) is 5.82 Å². The van der Waals surface area contributed by atoms with E-state index in [9.17, 15) is 9.18 Å². The third-order valence-electron chi connectivity index (χ3n) is 4.25. The molecule has 1 N–H and O–H groups in total. The van der Waals surface area contributed by atoms with Crippen LogP contribution < -0.4 is 10.1 Å². The van der Waals surface area contributed by atoms with Crippen molar-refractivity contribution in [1.29, 1.82) is 0 Å². The Kier molecular flexibility index (Phi) is 5.69. The first-order valence-corrected chi connectivity index (χ1v) is 8.43. The highest BCUT2D eigenvalue weighted by atomic mass is 19.1. The lowest BCUT2D eigenvalue weighted by atomic mass is 10.0. The van der Waals surface area contributed by atoms with E-state index < -0.39 is 0 Å². The summed E-state index contributed by atoms with van der Waals surface area (Å²) in [5.41, 5.74) is 1.86. The van der Waals surface area contributed by atoms with E-state index in [1.54, 1.807) is 19.2 Å². The van der Waals surface area contributed by atoms with Crippen LogP contribution in [-0.4, -0.2) is 17.6 Å². The summed E-state index contributed by atoms with van der Waals surface area (Å²) < 4.78 is 20.3. The van der Waals surface area contributed by atoms with E-state index >= 15 is 0 Å². The minimum Gasteiger partial charge on any atom is -0.497 e. The molecule has 0 aliphatic carbocycles. The van der Waals surface area contributed by atoms with Crippen molar-refractivity contribution < 1.29 is 13.9 Å². The fourth-order valence-electron chi connectivity index (χ4n) is 2.85. The van der Waals surface area contributed by atoms with Crippen molar-refractivity contribution in [2.75, 3.05) is 7.11 Å². The van der Waals surface area contributed by atoms with E-state index in [0.29, 0.717) is 13.0 Å². The lowest BCUT2D eigenvalue weighted by Crippen LogP contribution is -2.26. The zero-order chi connectivity index (χ0) is 18.4. The van der Waals surface area contributed by atoms with Gasteiger partial charge in [-0.3, -0.25) is 4.79 Å². The third-order valence-corrected chi connectivity index (χ3v) is 4.25. The van der Waals surface area contributed by atoms with Crippen molar-refractivity contribution in [3.63, 3.8) is 0 Å². The fourth-order valence-corrected chi connectivity index (χ4v) is 2.85. The van der Waals surface area contributed by atoms with Crippen LogP contribution >= 0.6 is 0 Å². The average Bonchev–Trinajstić information content (AvgIpc) is 3.20. The molecule has 0 saturated heterocycles. The Morgan fingerprint density at radius 2 is 1.85 bits per heavy atom. The second-order valence-corrected chi connectivity index (χ2v) is 6.03. The molecule has 0 bridgehead atoms. The van der Waals surface area contributed by atoms with Gasteiger partial charge in [0.05, 0.1) is 19.6 Å². The van der Waals surface area contributed by atoms with Gasteiger partial charge in [-0.1, -0.05) is 24.3 Å². The largest absolute Gasteiger partial charge is 0.497 e. The van der Waals surface area contributed by atoms with Crippen molar-refractivity contribution in [1.82, 2.24) is 9.88 Å². The number of hydrogen-bond donors (Lipinski definition) is 1. The molecule has 0 fully saturated rings. The maximum Gasteiger partial charge on any atom is 0.222 e. The standard InChI is InChI=1S/C21H21FN2O2/c1-26-19-6-4-5-17(13-19)20(24-11-2-3-12-24)14-21(25)23-15-16-7-9-18(22)10-8-16/h2-13,20H,14-15H2,1H3,(H,23,25). The number of hydrogen-bond acceptors (Lipinski definition) is 2. The molecule has 0 spiro atoms. The van der Waals surface area contributed by atoms with E-state index in [1.807, 2.05) is 53.4 Å². The number of methoxy groups -OCH3 is 1. The number of nitrogens with zero attached hydrogens (tertiary/aromatic N) is 1. The van der Waals surface area contributed by atoms with Crippen LogP contribution in [0.1, 0.15) is 23.6 Å². The van der Waals surface area contributed by atoms with Crippen LogP contribution in [0.4, 0.5) is 4.39 Å². The summed E-state index contributed by atoms with van der Waals surface area (Å²) in [5, 5.41) is 2.90. The Hall–Kier alpha value is -3.08. The second-order valence-electron chi connectivity index (χ2n) is 6.03. The van der Waals surface area contributed by atoms with Crippen molar-refractivity contribution in [2.45, 2.75) is 19.0 Å². The summed E-state index contributed by atoms with van der Waals surface area (Å²) >= 11 is 0. The number of carbonyl (C=O) groups excluding carboxylic acids is 1. The van der Waals surface area contributed by atoms with Crippen molar-refractivity contribution >= 4 is 5.91 Å². The quantitative estimate of drug-likeness (QED) is 0.700. The summed E-state index contributed by atoms with van der Waals surface area (Å²) in [5.74, 6) is 0.396. The molecule has 0 saturated carbocycles. The topological polar surface area (TPSA) is 43.3 Å². The molecule has 4 nitrogen and oxygen atoms in total. The van der Waals surface area contributed by atoms with Crippen molar-refractivity contribution in [3.05, 3.63) is 90.0 Å². The van der Waals surface area contributed by atoms with Crippen LogP contribution in [0.5, 0.6) is 5.75 Å². The number of rotatable bonds is 7. The van der Waals surface area contributed by atoms with E-state index in [2.05, 4.69) is 5.32 Å². The number of ether oxygens (including phenoxy) is 1. The molecule has 0 aliphatic heterocycles. The molecule has 3 rings (SSSR count). The maximum atomic E-state index is 13.0. The van der Waals surface area contributed by atoms with Crippen molar-refractivity contribution in [3.8, 4) is 5.75 Å². The predicted octanol–water partition coefficient (Wildman–Crippen LogP) is 3.93. The summed E-state index contributed by atoms with van der Waals surface area (Å²) in [6, 6.07) is 17.6. The number of benzene rings is 2. The Labute approximate surface area is 152 Å². The van der Waals surface area contributed by atoms with E-state index in [4.69, 9.17) is 4.74 Å². The van der Waals surface area contributed by atoms with Gasteiger partial charge in [0.25, 0.3) is 0 Å². The van der Waals surface area contributed by atoms with Gasteiger partial charge in [0.2, 0.25) is 5.91 Å². The predicted molar refractivity (Wildman–Crippen MR) is 98.4 cm³/mol. The Balaban J connectivity index is 1.71. The molecule has 1 atom stereocenters. The average molecular weight is 352 g/mol. The molecular weight excluding hydrogens is 331 g/mol. The third kappa shape index (κ3) is 4.51. The number of aromatic nitrogens is 1. The zero-order valence-corrected chi connectivity index (χ0v) is 14.6. The highest BCUT2D eigenvalue weighted by molar-refractivity contribution is 5.76. The first-order chi connectivity index (χ1) is 12.7. The number of nitrogens with one attached hydrogen (secondary N) is 1. The fraction of sp³-hybridized carbons (Fsp3) is 0.190. The normalized spacial score (nSPS) is 11.8. The van der Waals surface area contributed by atoms with Gasteiger partial charge in [-0.05, 0) is 47.5 Å². The van der Waals surface area contributed by atoms with Crippen LogP contribution in [0.2, 0.25) is 0 Å². The monoisotopic (exact) mass is 352 g/mol. The summed E-state index contributed by atoms with van der Waals surface area (Å²) in [4.78, 5) is 12.5. The van der Waals surface area contributed by atoms with Gasteiger partial charge >= 0.3 is 0 Å². The number of halogens is 1. The van der Waals surface area contributed by atoms with Gasteiger partial charge in [-0.25, -0.2) is 4.39 Å². The van der Waals surface area contributed by atoms with Gasteiger partial charge < -0.3 is 14.6 Å². The highest BCUT2D eigenvalue weighted by Crippen LogP contribution is 2.25. The summed E-state index contributed by atoms with van der Waals surface area (Å²) in [6.07, 6.45) is 4.18. The first-order valence-electron chi connectivity index (χ1n) is 8.43. The van der Waals surface area contributed by atoms with E-state index in [1.165, 1.54) is 12.1 Å². The minimum atomic E-state index is -0.286. The lowest BCUT2D eigenvalue weighted by molar-refractivity contribution is -0.121. The molecule has 26 heavy (non-hydrogen) atoms. The van der Waals surface area contributed by atoms with Crippen LogP contribution in [-0.2, 0) is 11.3 Å². The summed E-state index contributed by atoms with van der Waals surface area (Å²) in [7, 11) is 1.62. The molecule has 1 unspecified atom stereocenters. The SMILES string of the molecule is COc1cccc(C(CC(=O)NCc2ccc(F)cc2)n2cccc2)c1. The van der Waals surface area contributed by atoms with Gasteiger partial charge in [-0.15, -0.1) is 0 Å². The Bertz CT molecular complexity index is 845. The molecule has 1 heterocycles. The molecule has 1 aromatic heterocycles. The van der Waals surface area contributed by atoms with E-state index in [0.717, 1.165) is 16.9 Å². The van der Waals surface area contributed by atoms with Crippen LogP contribution in [0.3, 0.4) is 0 Å². The van der Waals surface area contributed by atoms with Gasteiger partial charge in [0, 0.05) is 18.9 Å². The maximum absolute atomic E-state index is 13.0. The lowest BCUT2D eigenvalue weighted by Gasteiger charge is -2.20. The number of carbonyl (C=O) groups is 1. The van der Waals surface area contributed by atoms with Gasteiger partial charge in [0.15, 0.2) is 0 Å². The van der Waals surface area contributed by atoms with Crippen LogP contribution in [0.15, 0.2) is 73.1 Å². The van der Waals surface area contributed by atoms with Crippen molar-refractivity contribution in [2.24, 2.45) is 0 Å². The molecular formula is C21H21FN2O2. The first kappa shape index (κ1) is 17.7. The molecule has 2 aromatic carbocycles. The second kappa shape index (κ2) is 8.34. The smallest absolute Gasteiger partial charge is 0.222 e. The minimum absolute atomic E-state index is 0.0733. The highest BCUT2D eigenvalue weighted by Gasteiger charge is 2.18. The molecule has 0 radical (unpaired) electrons. The molecule has 5 heteroatoms. The van der Waals surface area contributed by atoms with Gasteiger partial charge in [-0.2, -0.15) is 0 Å². The Morgan fingerprint density at radius 3 is 2.54 bits per heavy atom. The number of amides is 1. The van der Waals surface area contributed by atoms with Gasteiger partial charge in [0.1, 0.15) is 11.6 Å². The molecule has 1 amide bonds. The Morgan fingerprint density at radius 1 is 1.12 bits per heavy atom. The van der Waals surface area contributed by atoms with E-state index in [-0.39, 0.29) is 17.8 Å².